The molecule has 1 amide bonds. The molecule has 0 aliphatic rings. The van der Waals surface area contributed by atoms with E-state index in [2.05, 4.69) is 6.58 Å². The summed E-state index contributed by atoms with van der Waals surface area (Å²) < 4.78 is 41.5. The standard InChI is InChI=1S/C10H17F3N2O2.ClH/c1-3-4-15(7-10(11,12)13)9(16)5-8(6-14)17-2;/h3,8H,1,4-7,14H2,2H3;1H. The second-order valence-electron chi connectivity index (χ2n) is 3.48. The van der Waals surface area contributed by atoms with Crippen molar-refractivity contribution in [2.75, 3.05) is 26.7 Å². The Hall–Kier alpha value is -0.790. The first-order chi connectivity index (χ1) is 7.84. The molecule has 18 heavy (non-hydrogen) atoms. The Balaban J connectivity index is 0. The zero-order valence-corrected chi connectivity index (χ0v) is 10.9. The normalized spacial score (nSPS) is 12.5. The van der Waals surface area contributed by atoms with Crippen molar-refractivity contribution < 1.29 is 22.7 Å². The van der Waals surface area contributed by atoms with E-state index in [1.807, 2.05) is 0 Å². The van der Waals surface area contributed by atoms with Crippen molar-refractivity contribution in [2.24, 2.45) is 5.73 Å². The molecule has 0 spiro atoms. The van der Waals surface area contributed by atoms with E-state index in [0.29, 0.717) is 4.90 Å². The summed E-state index contributed by atoms with van der Waals surface area (Å²) >= 11 is 0. The summed E-state index contributed by atoms with van der Waals surface area (Å²) in [6, 6.07) is 0. The van der Waals surface area contributed by atoms with Crippen LogP contribution in [0, 0.1) is 0 Å². The molecule has 0 aliphatic heterocycles. The molecule has 4 nitrogen and oxygen atoms in total. The number of carbonyl (C=O) groups excluding carboxylic acids is 1. The van der Waals surface area contributed by atoms with Gasteiger partial charge in [-0.1, -0.05) is 6.08 Å². The highest BCUT2D eigenvalue weighted by atomic mass is 35.5. The number of methoxy groups -OCH3 is 1. The van der Waals surface area contributed by atoms with Crippen molar-refractivity contribution in [1.29, 1.82) is 0 Å². The summed E-state index contributed by atoms with van der Waals surface area (Å²) in [7, 11) is 1.35. The maximum Gasteiger partial charge on any atom is 0.406 e. The van der Waals surface area contributed by atoms with Crippen LogP contribution in [0.4, 0.5) is 13.2 Å². The van der Waals surface area contributed by atoms with E-state index in [9.17, 15) is 18.0 Å². The average molecular weight is 291 g/mol. The Morgan fingerprint density at radius 1 is 1.56 bits per heavy atom. The fourth-order valence-electron chi connectivity index (χ4n) is 1.21. The van der Waals surface area contributed by atoms with Gasteiger partial charge in [0, 0.05) is 20.2 Å². The van der Waals surface area contributed by atoms with Gasteiger partial charge >= 0.3 is 6.18 Å². The third-order valence-electron chi connectivity index (χ3n) is 2.07. The first-order valence-electron chi connectivity index (χ1n) is 5.02. The van der Waals surface area contributed by atoms with Crippen LogP contribution >= 0.6 is 12.4 Å². The minimum atomic E-state index is -4.43. The number of alkyl halides is 3. The smallest absolute Gasteiger partial charge is 0.380 e. The lowest BCUT2D eigenvalue weighted by Crippen LogP contribution is -2.41. The van der Waals surface area contributed by atoms with Crippen LogP contribution in [0.5, 0.6) is 0 Å². The van der Waals surface area contributed by atoms with Gasteiger partial charge in [-0.2, -0.15) is 13.2 Å². The molecule has 0 bridgehead atoms. The van der Waals surface area contributed by atoms with Gasteiger partial charge in [-0.05, 0) is 0 Å². The summed E-state index contributed by atoms with van der Waals surface area (Å²) in [5, 5.41) is 0. The maximum absolute atomic E-state index is 12.2. The van der Waals surface area contributed by atoms with Gasteiger partial charge in [-0.15, -0.1) is 19.0 Å². The number of hydrogen-bond acceptors (Lipinski definition) is 3. The quantitative estimate of drug-likeness (QED) is 0.720. The number of halogens is 4. The molecule has 1 unspecified atom stereocenters. The fraction of sp³-hybridized carbons (Fsp3) is 0.700. The zero-order chi connectivity index (χ0) is 13.5. The fourth-order valence-corrected chi connectivity index (χ4v) is 1.21. The Morgan fingerprint density at radius 3 is 2.44 bits per heavy atom. The zero-order valence-electron chi connectivity index (χ0n) is 10.1. The molecule has 2 N–H and O–H groups in total. The molecule has 0 aliphatic carbocycles. The van der Waals surface area contributed by atoms with Crippen molar-refractivity contribution in [3.05, 3.63) is 12.7 Å². The van der Waals surface area contributed by atoms with Crippen LogP contribution in [0.3, 0.4) is 0 Å². The van der Waals surface area contributed by atoms with Crippen molar-refractivity contribution in [3.8, 4) is 0 Å². The molecule has 0 aromatic rings. The molecule has 1 atom stereocenters. The SMILES string of the molecule is C=CCN(CC(F)(F)F)C(=O)CC(CN)OC.Cl. The number of nitrogens with two attached hydrogens (primary N) is 1. The van der Waals surface area contributed by atoms with Crippen LogP contribution < -0.4 is 5.73 Å². The molecule has 0 heterocycles. The molecule has 0 fully saturated rings. The predicted molar refractivity (Wildman–Crippen MR) is 64.5 cm³/mol. The molecule has 0 rings (SSSR count). The van der Waals surface area contributed by atoms with Gasteiger partial charge in [0.2, 0.25) is 5.91 Å². The van der Waals surface area contributed by atoms with Gasteiger partial charge in [-0.25, -0.2) is 0 Å². The van der Waals surface area contributed by atoms with Crippen molar-refractivity contribution >= 4 is 18.3 Å². The highest BCUT2D eigenvalue weighted by molar-refractivity contribution is 5.85. The molecule has 0 aromatic carbocycles. The highest BCUT2D eigenvalue weighted by Crippen LogP contribution is 2.17. The lowest BCUT2D eigenvalue weighted by atomic mass is 10.2. The van der Waals surface area contributed by atoms with Crippen LogP contribution in [0.1, 0.15) is 6.42 Å². The lowest BCUT2D eigenvalue weighted by molar-refractivity contribution is -0.161. The van der Waals surface area contributed by atoms with E-state index < -0.39 is 24.7 Å². The van der Waals surface area contributed by atoms with E-state index in [1.165, 1.54) is 13.2 Å². The van der Waals surface area contributed by atoms with E-state index in [4.69, 9.17) is 10.5 Å². The molecule has 0 aromatic heterocycles. The molecule has 8 heteroatoms. The molecule has 0 saturated carbocycles. The van der Waals surface area contributed by atoms with Gasteiger partial charge in [0.15, 0.2) is 0 Å². The van der Waals surface area contributed by atoms with Gasteiger partial charge in [0.05, 0.1) is 12.5 Å². The van der Waals surface area contributed by atoms with Crippen molar-refractivity contribution in [1.82, 2.24) is 4.90 Å². The molecular formula is C10H18ClF3N2O2. The van der Waals surface area contributed by atoms with Gasteiger partial charge in [-0.3, -0.25) is 4.79 Å². The van der Waals surface area contributed by atoms with E-state index in [0.717, 1.165) is 0 Å². The predicted octanol–water partition coefficient (Wildman–Crippen LogP) is 1.35. The first kappa shape index (κ1) is 19.5. The third-order valence-corrected chi connectivity index (χ3v) is 2.07. The lowest BCUT2D eigenvalue weighted by Gasteiger charge is -2.24. The summed E-state index contributed by atoms with van der Waals surface area (Å²) in [5.41, 5.74) is 5.29. The number of ether oxygens (including phenoxy) is 1. The minimum Gasteiger partial charge on any atom is -0.380 e. The van der Waals surface area contributed by atoms with Gasteiger partial charge in [0.25, 0.3) is 0 Å². The van der Waals surface area contributed by atoms with Crippen LogP contribution in [0.2, 0.25) is 0 Å². The van der Waals surface area contributed by atoms with E-state index >= 15 is 0 Å². The molecule has 0 radical (unpaired) electrons. The average Bonchev–Trinajstić information content (AvgIpc) is 2.23. The van der Waals surface area contributed by atoms with Gasteiger partial charge in [0.1, 0.15) is 6.54 Å². The van der Waals surface area contributed by atoms with E-state index in [1.54, 1.807) is 0 Å². The number of nitrogens with zero attached hydrogens (tertiary/aromatic N) is 1. The number of carbonyl (C=O) groups is 1. The first-order valence-corrected chi connectivity index (χ1v) is 5.02. The summed E-state index contributed by atoms with van der Waals surface area (Å²) in [4.78, 5) is 12.3. The topological polar surface area (TPSA) is 55.6 Å². The molecule has 0 saturated heterocycles. The summed E-state index contributed by atoms with van der Waals surface area (Å²) in [6.07, 6.45) is -3.92. The maximum atomic E-state index is 12.2. The van der Waals surface area contributed by atoms with Crippen LogP contribution in [-0.4, -0.2) is 49.8 Å². The van der Waals surface area contributed by atoms with Crippen molar-refractivity contribution in [2.45, 2.75) is 18.7 Å². The van der Waals surface area contributed by atoms with Gasteiger partial charge < -0.3 is 15.4 Å². The summed E-state index contributed by atoms with van der Waals surface area (Å²) in [6.45, 7) is 1.95. The summed E-state index contributed by atoms with van der Waals surface area (Å²) in [5.74, 6) is -0.653. The third kappa shape index (κ3) is 8.32. The number of amides is 1. The van der Waals surface area contributed by atoms with Crippen LogP contribution in [0.25, 0.3) is 0 Å². The number of hydrogen-bond donors (Lipinski definition) is 1. The van der Waals surface area contributed by atoms with Crippen LogP contribution in [0.15, 0.2) is 12.7 Å². The second-order valence-corrected chi connectivity index (χ2v) is 3.48. The Bertz CT molecular complexity index is 258. The monoisotopic (exact) mass is 290 g/mol. The Labute approximate surface area is 110 Å². The molecule has 108 valence electrons. The molecular weight excluding hydrogens is 273 g/mol. The van der Waals surface area contributed by atoms with E-state index in [-0.39, 0.29) is 31.9 Å². The number of rotatable bonds is 7. The largest absolute Gasteiger partial charge is 0.406 e. The highest BCUT2D eigenvalue weighted by Gasteiger charge is 2.32. The second kappa shape index (κ2) is 9.18. The Morgan fingerprint density at radius 2 is 2.11 bits per heavy atom. The van der Waals surface area contributed by atoms with Crippen molar-refractivity contribution in [3.63, 3.8) is 0 Å². The Kier molecular flexibility index (Phi) is 9.97. The van der Waals surface area contributed by atoms with Crippen LogP contribution in [-0.2, 0) is 9.53 Å². The minimum absolute atomic E-state index is 0.